The summed E-state index contributed by atoms with van der Waals surface area (Å²) in [6.07, 6.45) is -1.05. The van der Waals surface area contributed by atoms with E-state index < -0.39 is 12.2 Å². The zero-order valence-electron chi connectivity index (χ0n) is 21.1. The minimum absolute atomic E-state index is 0.0598. The SMILES string of the molecule is COc1cccc(COc2cc(COC3CN(C(=O)[O-])CCC3c3ccc(F)cc3)cc3ccccc23)c1. The first-order valence-corrected chi connectivity index (χ1v) is 12.6. The summed E-state index contributed by atoms with van der Waals surface area (Å²) in [6.45, 7) is 1.19. The molecule has 1 heterocycles. The second-order valence-electron chi connectivity index (χ2n) is 9.46. The van der Waals surface area contributed by atoms with Crippen LogP contribution in [0.5, 0.6) is 11.5 Å². The number of hydrogen-bond donors (Lipinski definition) is 0. The fourth-order valence-electron chi connectivity index (χ4n) is 5.01. The molecule has 196 valence electrons. The Balaban J connectivity index is 1.36. The van der Waals surface area contributed by atoms with Gasteiger partial charge < -0.3 is 29.0 Å². The number of halogens is 1. The monoisotopic (exact) mass is 514 g/mol. The van der Waals surface area contributed by atoms with Crippen LogP contribution in [0.3, 0.4) is 0 Å². The van der Waals surface area contributed by atoms with Gasteiger partial charge in [-0.3, -0.25) is 0 Å². The molecular formula is C31H29FNO5-. The number of rotatable bonds is 8. The van der Waals surface area contributed by atoms with Crippen molar-refractivity contribution in [3.8, 4) is 11.5 Å². The van der Waals surface area contributed by atoms with Crippen molar-refractivity contribution in [1.82, 2.24) is 4.90 Å². The van der Waals surface area contributed by atoms with Crippen LogP contribution in [0.4, 0.5) is 9.18 Å². The third-order valence-electron chi connectivity index (χ3n) is 6.99. The molecule has 1 amide bonds. The minimum atomic E-state index is -1.21. The Labute approximate surface area is 221 Å². The summed E-state index contributed by atoms with van der Waals surface area (Å²) in [7, 11) is 1.64. The van der Waals surface area contributed by atoms with Crippen molar-refractivity contribution in [3.63, 3.8) is 0 Å². The summed E-state index contributed by atoms with van der Waals surface area (Å²) in [5.74, 6) is 1.14. The van der Waals surface area contributed by atoms with E-state index in [1.165, 1.54) is 17.0 Å². The van der Waals surface area contributed by atoms with Crippen LogP contribution in [-0.2, 0) is 18.0 Å². The van der Waals surface area contributed by atoms with Gasteiger partial charge in [-0.15, -0.1) is 0 Å². The van der Waals surface area contributed by atoms with Crippen LogP contribution >= 0.6 is 0 Å². The number of piperidine rings is 1. The molecule has 1 aliphatic heterocycles. The molecule has 0 bridgehead atoms. The van der Waals surface area contributed by atoms with Crippen LogP contribution in [0, 0.1) is 5.82 Å². The maximum Gasteiger partial charge on any atom is 0.137 e. The number of carboxylic acid groups (broad SMARTS) is 1. The third-order valence-corrected chi connectivity index (χ3v) is 6.99. The van der Waals surface area contributed by atoms with Crippen LogP contribution in [0.25, 0.3) is 10.8 Å². The molecule has 0 N–H and O–H groups in total. The molecule has 2 atom stereocenters. The van der Waals surface area contributed by atoms with E-state index in [0.29, 0.717) is 19.6 Å². The fraction of sp³-hybridized carbons (Fsp3) is 0.258. The molecule has 1 fully saturated rings. The van der Waals surface area contributed by atoms with Crippen LogP contribution in [0.1, 0.15) is 29.0 Å². The first-order valence-electron chi connectivity index (χ1n) is 12.6. The van der Waals surface area contributed by atoms with Crippen molar-refractivity contribution < 1.29 is 28.5 Å². The number of benzene rings is 4. The van der Waals surface area contributed by atoms with Gasteiger partial charge in [-0.05, 0) is 64.9 Å². The van der Waals surface area contributed by atoms with Crippen molar-refractivity contribution >= 4 is 16.9 Å². The molecule has 1 saturated heterocycles. The number of carbonyl (C=O) groups excluding carboxylic acids is 1. The molecule has 4 aromatic rings. The predicted molar refractivity (Wildman–Crippen MR) is 141 cm³/mol. The molecule has 2 unspecified atom stereocenters. The van der Waals surface area contributed by atoms with Crippen LogP contribution in [0.2, 0.25) is 0 Å². The molecule has 0 saturated carbocycles. The van der Waals surface area contributed by atoms with Gasteiger partial charge in [-0.2, -0.15) is 0 Å². The highest BCUT2D eigenvalue weighted by molar-refractivity contribution is 5.89. The lowest BCUT2D eigenvalue weighted by atomic mass is 9.87. The van der Waals surface area contributed by atoms with E-state index in [-0.39, 0.29) is 24.9 Å². The molecule has 0 radical (unpaired) electrons. The Morgan fingerprint density at radius 1 is 0.974 bits per heavy atom. The average Bonchev–Trinajstić information content (AvgIpc) is 2.95. The molecule has 38 heavy (non-hydrogen) atoms. The number of hydrogen-bond acceptors (Lipinski definition) is 5. The summed E-state index contributed by atoms with van der Waals surface area (Å²) < 4.78 is 31.4. The van der Waals surface area contributed by atoms with Gasteiger partial charge in [0.1, 0.15) is 30.0 Å². The third kappa shape index (κ3) is 5.89. The van der Waals surface area contributed by atoms with Gasteiger partial charge in [0, 0.05) is 24.4 Å². The average molecular weight is 515 g/mol. The number of amides is 1. The molecule has 4 aromatic carbocycles. The van der Waals surface area contributed by atoms with Gasteiger partial charge >= 0.3 is 0 Å². The van der Waals surface area contributed by atoms with E-state index in [9.17, 15) is 14.3 Å². The summed E-state index contributed by atoms with van der Waals surface area (Å²) in [4.78, 5) is 12.8. The highest BCUT2D eigenvalue weighted by Gasteiger charge is 2.31. The summed E-state index contributed by atoms with van der Waals surface area (Å²) in [6, 6.07) is 26.1. The lowest BCUT2D eigenvalue weighted by Crippen LogP contribution is -2.51. The first-order chi connectivity index (χ1) is 18.5. The van der Waals surface area contributed by atoms with Crippen LogP contribution in [-0.4, -0.2) is 37.3 Å². The number of likely N-dealkylation sites (tertiary alicyclic amines) is 1. The molecule has 5 rings (SSSR count). The van der Waals surface area contributed by atoms with Gasteiger partial charge in [0.15, 0.2) is 0 Å². The predicted octanol–water partition coefficient (Wildman–Crippen LogP) is 5.28. The lowest BCUT2D eigenvalue weighted by molar-refractivity contribution is -0.268. The molecule has 0 aliphatic carbocycles. The zero-order valence-corrected chi connectivity index (χ0v) is 21.1. The Morgan fingerprint density at radius 2 is 1.79 bits per heavy atom. The standard InChI is InChI=1S/C31H30FNO5/c1-36-26-7-4-5-21(16-26)19-37-29-17-22(15-24-6-2-3-8-27(24)29)20-38-30-18-33(31(34)35)14-13-28(30)23-9-11-25(32)12-10-23/h2-12,15-17,28,30H,13-14,18-20H2,1H3,(H,34,35)/p-1. The summed E-state index contributed by atoms with van der Waals surface area (Å²) >= 11 is 0. The second kappa shape index (κ2) is 11.5. The van der Waals surface area contributed by atoms with Gasteiger partial charge in [0.05, 0.1) is 19.8 Å². The van der Waals surface area contributed by atoms with Gasteiger partial charge in [-0.1, -0.05) is 48.5 Å². The quantitative estimate of drug-likeness (QED) is 0.320. The molecule has 0 aromatic heterocycles. The first kappa shape index (κ1) is 25.5. The van der Waals surface area contributed by atoms with E-state index in [1.807, 2.05) is 54.6 Å². The Kier molecular flexibility index (Phi) is 7.75. The van der Waals surface area contributed by atoms with E-state index in [1.54, 1.807) is 19.2 Å². The van der Waals surface area contributed by atoms with Crippen molar-refractivity contribution in [3.05, 3.63) is 107 Å². The van der Waals surface area contributed by atoms with Crippen molar-refractivity contribution in [1.29, 1.82) is 0 Å². The van der Waals surface area contributed by atoms with Crippen molar-refractivity contribution in [2.45, 2.75) is 31.7 Å². The summed E-state index contributed by atoms with van der Waals surface area (Å²) in [5.41, 5.74) is 2.82. The normalized spacial score (nSPS) is 17.4. The molecular weight excluding hydrogens is 485 g/mol. The smallest absolute Gasteiger partial charge is 0.137 e. The van der Waals surface area contributed by atoms with E-state index in [0.717, 1.165) is 39.0 Å². The largest absolute Gasteiger partial charge is 0.530 e. The van der Waals surface area contributed by atoms with Crippen molar-refractivity contribution in [2.24, 2.45) is 0 Å². The Hall–Kier alpha value is -4.10. The van der Waals surface area contributed by atoms with Crippen molar-refractivity contribution in [2.75, 3.05) is 20.2 Å². The maximum absolute atomic E-state index is 13.5. The fourth-order valence-corrected chi connectivity index (χ4v) is 5.01. The van der Waals surface area contributed by atoms with Gasteiger partial charge in [0.25, 0.3) is 0 Å². The van der Waals surface area contributed by atoms with Crippen LogP contribution < -0.4 is 14.6 Å². The highest BCUT2D eigenvalue weighted by atomic mass is 19.1. The minimum Gasteiger partial charge on any atom is -0.530 e. The number of carbonyl (C=O) groups is 1. The molecule has 0 spiro atoms. The highest BCUT2D eigenvalue weighted by Crippen LogP contribution is 2.33. The van der Waals surface area contributed by atoms with Crippen LogP contribution in [0.15, 0.2) is 84.9 Å². The number of methoxy groups -OCH3 is 1. The molecule has 7 heteroatoms. The van der Waals surface area contributed by atoms with E-state index >= 15 is 0 Å². The van der Waals surface area contributed by atoms with E-state index in [4.69, 9.17) is 14.2 Å². The number of ether oxygens (including phenoxy) is 3. The van der Waals surface area contributed by atoms with Gasteiger partial charge in [0.2, 0.25) is 0 Å². The summed E-state index contributed by atoms with van der Waals surface area (Å²) in [5, 5.41) is 13.6. The Morgan fingerprint density at radius 3 is 2.58 bits per heavy atom. The second-order valence-corrected chi connectivity index (χ2v) is 9.46. The molecule has 6 nitrogen and oxygen atoms in total. The van der Waals surface area contributed by atoms with Gasteiger partial charge in [-0.25, -0.2) is 4.39 Å². The zero-order chi connectivity index (χ0) is 26.5. The van der Waals surface area contributed by atoms with E-state index in [2.05, 4.69) is 6.07 Å². The topological polar surface area (TPSA) is 71.1 Å². The Bertz CT molecular complexity index is 1410. The lowest BCUT2D eigenvalue weighted by Gasteiger charge is -2.40. The molecule has 1 aliphatic rings. The maximum atomic E-state index is 13.5. The number of nitrogens with zero attached hydrogens (tertiary/aromatic N) is 1. The number of fused-ring (bicyclic) bond motifs is 1.